The molecule has 100 valence electrons. The van der Waals surface area contributed by atoms with Crippen LogP contribution in [-0.4, -0.2) is 17.0 Å². The Labute approximate surface area is 122 Å². The predicted molar refractivity (Wildman–Crippen MR) is 76.3 cm³/mol. The van der Waals surface area contributed by atoms with Gasteiger partial charge in [0.1, 0.15) is 5.76 Å². The topological polar surface area (TPSA) is 79.5 Å². The number of carbonyl (C=O) groups excluding carboxylic acids is 1. The molecule has 2 aromatic rings. The zero-order chi connectivity index (χ0) is 14.3. The zero-order valence-electron chi connectivity index (χ0n) is 10.0. The van der Waals surface area contributed by atoms with Gasteiger partial charge in [-0.2, -0.15) is 0 Å². The third kappa shape index (κ3) is 2.14. The van der Waals surface area contributed by atoms with Crippen molar-refractivity contribution in [1.29, 1.82) is 0 Å². The molecule has 1 aromatic carbocycles. The van der Waals surface area contributed by atoms with Crippen LogP contribution in [0.15, 0.2) is 39.2 Å². The molecule has 3 rings (SSSR count). The summed E-state index contributed by atoms with van der Waals surface area (Å²) in [5.41, 5.74) is 1.90. The molecule has 20 heavy (non-hydrogen) atoms. The highest BCUT2D eigenvalue weighted by Crippen LogP contribution is 2.35. The summed E-state index contributed by atoms with van der Waals surface area (Å²) in [4.78, 5) is 22.7. The number of furan rings is 1. The lowest BCUT2D eigenvalue weighted by atomic mass is 10.1. The molecular weight excluding hydrogens is 326 g/mol. The molecule has 1 aliphatic rings. The number of amides is 1. The summed E-state index contributed by atoms with van der Waals surface area (Å²) < 4.78 is 5.98. The minimum atomic E-state index is -1.14. The maximum atomic E-state index is 11.9. The molecule has 0 fully saturated rings. The molecule has 5 nitrogen and oxygen atoms in total. The number of fused-ring (bicyclic) bond motifs is 1. The van der Waals surface area contributed by atoms with Gasteiger partial charge in [-0.3, -0.25) is 4.79 Å². The molecule has 0 atom stereocenters. The number of hydrogen-bond acceptors (Lipinski definition) is 3. The average Bonchev–Trinajstić information content (AvgIpc) is 2.97. The smallest absolute Gasteiger partial charge is 0.371 e. The number of rotatable bonds is 2. The Morgan fingerprint density at radius 1 is 1.30 bits per heavy atom. The van der Waals surface area contributed by atoms with Crippen molar-refractivity contribution in [3.63, 3.8) is 0 Å². The van der Waals surface area contributed by atoms with Gasteiger partial charge in [0.15, 0.2) is 0 Å². The highest BCUT2D eigenvalue weighted by atomic mass is 79.9. The van der Waals surface area contributed by atoms with Crippen LogP contribution >= 0.6 is 15.9 Å². The van der Waals surface area contributed by atoms with E-state index in [1.54, 1.807) is 6.07 Å². The van der Waals surface area contributed by atoms with E-state index in [4.69, 9.17) is 9.52 Å². The second-order valence-electron chi connectivity index (χ2n) is 4.21. The molecule has 2 N–H and O–H groups in total. The predicted octanol–water partition coefficient (Wildman–Crippen LogP) is 3.23. The van der Waals surface area contributed by atoms with Gasteiger partial charge in [-0.25, -0.2) is 4.79 Å². The van der Waals surface area contributed by atoms with Crippen molar-refractivity contribution in [2.45, 2.75) is 0 Å². The Hall–Kier alpha value is -2.34. The normalized spacial score (nSPS) is 15.2. The summed E-state index contributed by atoms with van der Waals surface area (Å²) in [5.74, 6) is -1.23. The van der Waals surface area contributed by atoms with E-state index in [9.17, 15) is 9.59 Å². The second kappa shape index (κ2) is 4.64. The number of anilines is 1. The van der Waals surface area contributed by atoms with Crippen LogP contribution in [0, 0.1) is 0 Å². The molecule has 1 aliphatic heterocycles. The van der Waals surface area contributed by atoms with Crippen molar-refractivity contribution in [2.24, 2.45) is 0 Å². The number of carboxylic acids is 1. The molecular formula is C14H8BrNO4. The monoisotopic (exact) mass is 333 g/mol. The van der Waals surface area contributed by atoms with Gasteiger partial charge in [0.2, 0.25) is 5.76 Å². The number of nitrogens with one attached hydrogen (secondary N) is 1. The Morgan fingerprint density at radius 3 is 2.80 bits per heavy atom. The summed E-state index contributed by atoms with van der Waals surface area (Å²) in [6.07, 6.45) is 1.53. The highest BCUT2D eigenvalue weighted by Gasteiger charge is 2.24. The maximum Gasteiger partial charge on any atom is 0.371 e. The summed E-state index contributed by atoms with van der Waals surface area (Å²) in [7, 11) is 0. The molecule has 0 radical (unpaired) electrons. The average molecular weight is 334 g/mol. The SMILES string of the molecule is O=C1Nc2ccc(Br)cc2C1=Cc1ccc(C(=O)O)o1. The third-order valence-corrected chi connectivity index (χ3v) is 3.38. The lowest BCUT2D eigenvalue weighted by Gasteiger charge is -1.98. The van der Waals surface area contributed by atoms with Gasteiger partial charge in [-0.15, -0.1) is 0 Å². The van der Waals surface area contributed by atoms with Crippen molar-refractivity contribution >= 4 is 45.1 Å². The van der Waals surface area contributed by atoms with Crippen molar-refractivity contribution in [3.05, 3.63) is 51.9 Å². The zero-order valence-corrected chi connectivity index (χ0v) is 11.6. The number of benzene rings is 1. The maximum absolute atomic E-state index is 11.9. The first-order valence-corrected chi connectivity index (χ1v) is 6.50. The number of carbonyl (C=O) groups is 2. The first-order chi connectivity index (χ1) is 9.54. The Kier molecular flexibility index (Phi) is 2.94. The van der Waals surface area contributed by atoms with Crippen LogP contribution in [0.5, 0.6) is 0 Å². The van der Waals surface area contributed by atoms with E-state index in [0.717, 1.165) is 15.7 Å². The standard InChI is InChI=1S/C14H8BrNO4/c15-7-1-3-11-9(5-7)10(13(17)16-11)6-8-2-4-12(20-8)14(18)19/h1-6H,(H,16,17)(H,18,19). The first-order valence-electron chi connectivity index (χ1n) is 5.71. The molecule has 0 bridgehead atoms. The van der Waals surface area contributed by atoms with Gasteiger partial charge in [-0.05, 0) is 36.4 Å². The molecule has 0 saturated carbocycles. The Balaban J connectivity index is 2.05. The number of hydrogen-bond donors (Lipinski definition) is 2. The first kappa shape index (κ1) is 12.7. The van der Waals surface area contributed by atoms with E-state index < -0.39 is 5.97 Å². The third-order valence-electron chi connectivity index (χ3n) is 2.89. The van der Waals surface area contributed by atoms with E-state index >= 15 is 0 Å². The number of carboxylic acid groups (broad SMARTS) is 1. The molecule has 0 unspecified atom stereocenters. The van der Waals surface area contributed by atoms with E-state index in [-0.39, 0.29) is 11.7 Å². The second-order valence-corrected chi connectivity index (χ2v) is 5.12. The van der Waals surface area contributed by atoms with Gasteiger partial charge in [-0.1, -0.05) is 15.9 Å². The number of aromatic carboxylic acids is 1. The van der Waals surface area contributed by atoms with Crippen LogP contribution in [0.25, 0.3) is 11.6 Å². The van der Waals surface area contributed by atoms with Gasteiger partial charge in [0.05, 0.1) is 5.57 Å². The van der Waals surface area contributed by atoms with Gasteiger partial charge in [0.25, 0.3) is 5.91 Å². The Morgan fingerprint density at radius 2 is 2.10 bits per heavy atom. The largest absolute Gasteiger partial charge is 0.475 e. The quantitative estimate of drug-likeness (QED) is 0.827. The van der Waals surface area contributed by atoms with Crippen LogP contribution < -0.4 is 5.32 Å². The molecule has 0 aliphatic carbocycles. The molecule has 0 spiro atoms. The lowest BCUT2D eigenvalue weighted by Crippen LogP contribution is -2.03. The van der Waals surface area contributed by atoms with Crippen molar-refractivity contribution in [3.8, 4) is 0 Å². The minimum absolute atomic E-state index is 0.162. The summed E-state index contributed by atoms with van der Waals surface area (Å²) in [5, 5.41) is 11.5. The fourth-order valence-corrected chi connectivity index (χ4v) is 2.35. The van der Waals surface area contributed by atoms with E-state index in [1.165, 1.54) is 18.2 Å². The van der Waals surface area contributed by atoms with Gasteiger partial charge in [0, 0.05) is 15.7 Å². The van der Waals surface area contributed by atoms with Gasteiger partial charge >= 0.3 is 5.97 Å². The van der Waals surface area contributed by atoms with Crippen molar-refractivity contribution in [2.75, 3.05) is 5.32 Å². The lowest BCUT2D eigenvalue weighted by molar-refractivity contribution is -0.110. The van der Waals surface area contributed by atoms with E-state index in [1.807, 2.05) is 12.1 Å². The summed E-state index contributed by atoms with van der Waals surface area (Å²) in [6.45, 7) is 0. The van der Waals surface area contributed by atoms with Gasteiger partial charge < -0.3 is 14.8 Å². The Bertz CT molecular complexity index is 760. The molecule has 1 amide bonds. The number of halogens is 1. The van der Waals surface area contributed by atoms with Crippen LogP contribution in [0.4, 0.5) is 5.69 Å². The highest BCUT2D eigenvalue weighted by molar-refractivity contribution is 9.10. The van der Waals surface area contributed by atoms with Crippen molar-refractivity contribution in [1.82, 2.24) is 0 Å². The fraction of sp³-hybridized carbons (Fsp3) is 0. The van der Waals surface area contributed by atoms with Crippen molar-refractivity contribution < 1.29 is 19.1 Å². The fourth-order valence-electron chi connectivity index (χ4n) is 1.99. The molecule has 0 saturated heterocycles. The molecule has 6 heteroatoms. The van der Waals surface area contributed by atoms with Crippen LogP contribution in [-0.2, 0) is 4.79 Å². The van der Waals surface area contributed by atoms with Crippen LogP contribution in [0.2, 0.25) is 0 Å². The molecule has 2 heterocycles. The van der Waals surface area contributed by atoms with Crippen LogP contribution in [0.3, 0.4) is 0 Å². The minimum Gasteiger partial charge on any atom is -0.475 e. The van der Waals surface area contributed by atoms with E-state index in [2.05, 4.69) is 21.2 Å². The van der Waals surface area contributed by atoms with Crippen LogP contribution in [0.1, 0.15) is 21.9 Å². The molecule has 1 aromatic heterocycles. The van der Waals surface area contributed by atoms with E-state index in [0.29, 0.717) is 11.3 Å². The summed E-state index contributed by atoms with van der Waals surface area (Å²) in [6, 6.07) is 8.31. The summed E-state index contributed by atoms with van der Waals surface area (Å²) >= 11 is 3.35.